The van der Waals surface area contributed by atoms with Gasteiger partial charge in [-0.2, -0.15) is 5.26 Å². The van der Waals surface area contributed by atoms with E-state index in [4.69, 9.17) is 9.15 Å². The number of esters is 1. The first-order valence-electron chi connectivity index (χ1n) is 9.72. The predicted molar refractivity (Wildman–Crippen MR) is 103 cm³/mol. The number of carbonyl (C=O) groups excluding carboxylic acids is 4. The molecule has 2 aliphatic rings. The molecule has 2 heterocycles. The minimum Gasteiger partial charge on any atom is -0.454 e. The summed E-state index contributed by atoms with van der Waals surface area (Å²) >= 11 is 0. The lowest BCUT2D eigenvalue weighted by Gasteiger charge is -2.19. The number of imide groups is 1. The van der Waals surface area contributed by atoms with Gasteiger partial charge in [0.15, 0.2) is 6.61 Å². The lowest BCUT2D eigenvalue weighted by molar-refractivity contribution is -0.154. The molecule has 154 valence electrons. The molecule has 1 aliphatic carbocycles. The number of carbonyl (C=O) groups is 4. The molecule has 2 atom stereocenters. The quantitative estimate of drug-likeness (QED) is 0.590. The Bertz CT molecular complexity index is 1060. The van der Waals surface area contributed by atoms with Crippen molar-refractivity contribution in [1.82, 2.24) is 4.90 Å². The summed E-state index contributed by atoms with van der Waals surface area (Å²) in [5.74, 6) is -2.94. The molecular formula is C21H19N3O6. The molecule has 1 aliphatic heterocycles. The fraction of sp³-hybridized carbons (Fsp3) is 0.381. The molecule has 0 radical (unpaired) electrons. The second-order valence-electron chi connectivity index (χ2n) is 7.38. The number of likely N-dealkylation sites (tertiary alicyclic amines) is 1. The zero-order chi connectivity index (χ0) is 21.3. The number of amides is 3. The molecule has 9 heteroatoms. The van der Waals surface area contributed by atoms with E-state index in [-0.39, 0.29) is 35.1 Å². The Kier molecular flexibility index (Phi) is 5.23. The van der Waals surface area contributed by atoms with Crippen LogP contribution in [0.5, 0.6) is 0 Å². The van der Waals surface area contributed by atoms with Crippen LogP contribution in [0, 0.1) is 23.2 Å². The molecule has 2 aromatic rings. The number of ether oxygens (including phenoxy) is 1. The van der Waals surface area contributed by atoms with Crippen molar-refractivity contribution in [2.45, 2.75) is 25.7 Å². The molecule has 1 N–H and O–H groups in total. The van der Waals surface area contributed by atoms with Crippen LogP contribution in [-0.4, -0.2) is 41.7 Å². The summed E-state index contributed by atoms with van der Waals surface area (Å²) in [5, 5.41) is 12.3. The van der Waals surface area contributed by atoms with Crippen LogP contribution >= 0.6 is 0 Å². The second-order valence-corrected chi connectivity index (χ2v) is 7.38. The van der Waals surface area contributed by atoms with Gasteiger partial charge in [-0.1, -0.05) is 25.0 Å². The average Bonchev–Trinajstić information content (AvgIpc) is 3.23. The fourth-order valence-corrected chi connectivity index (χ4v) is 4.13. The molecule has 1 aromatic carbocycles. The van der Waals surface area contributed by atoms with Crippen molar-refractivity contribution in [3.8, 4) is 6.07 Å². The van der Waals surface area contributed by atoms with Crippen LogP contribution in [0.25, 0.3) is 11.0 Å². The largest absolute Gasteiger partial charge is 0.454 e. The highest BCUT2D eigenvalue weighted by Gasteiger charge is 2.48. The molecule has 1 saturated carbocycles. The number of nitrogens with one attached hydrogen (secondary N) is 1. The van der Waals surface area contributed by atoms with Crippen molar-refractivity contribution in [2.24, 2.45) is 11.8 Å². The Hall–Kier alpha value is -3.67. The Morgan fingerprint density at radius 2 is 1.83 bits per heavy atom. The van der Waals surface area contributed by atoms with E-state index >= 15 is 0 Å². The zero-order valence-corrected chi connectivity index (χ0v) is 16.1. The number of nitriles is 1. The van der Waals surface area contributed by atoms with Gasteiger partial charge < -0.3 is 14.5 Å². The van der Waals surface area contributed by atoms with E-state index in [1.165, 1.54) is 0 Å². The molecule has 4 rings (SSSR count). The van der Waals surface area contributed by atoms with Crippen LogP contribution in [0.4, 0.5) is 5.69 Å². The summed E-state index contributed by atoms with van der Waals surface area (Å²) in [4.78, 5) is 50.1. The van der Waals surface area contributed by atoms with Crippen molar-refractivity contribution in [3.63, 3.8) is 0 Å². The number of para-hydroxylation sites is 1. The number of nitrogens with zero attached hydrogens (tertiary/aromatic N) is 2. The van der Waals surface area contributed by atoms with Crippen molar-refractivity contribution in [1.29, 1.82) is 5.26 Å². The maximum atomic E-state index is 12.4. The molecule has 1 aromatic heterocycles. The first kappa shape index (κ1) is 19.6. The third-order valence-corrected chi connectivity index (χ3v) is 5.55. The Morgan fingerprint density at radius 3 is 2.50 bits per heavy atom. The standard InChI is InChI=1S/C21H19N3O6/c22-9-16-19(14-7-3-4-8-15(14)30-16)23-17(25)11-29-18(26)10-24-20(27)12-5-1-2-6-13(12)21(24)28/h3-4,7-8,12-13H,1-2,5-6,10-11H2,(H,23,25)/t12-,13-/m1/s1. The van der Waals surface area contributed by atoms with Gasteiger partial charge in [0.2, 0.25) is 17.6 Å². The summed E-state index contributed by atoms with van der Waals surface area (Å²) in [5.41, 5.74) is 0.636. The van der Waals surface area contributed by atoms with E-state index in [0.717, 1.165) is 17.7 Å². The first-order chi connectivity index (χ1) is 14.5. The number of hydrogen-bond donors (Lipinski definition) is 1. The van der Waals surface area contributed by atoms with E-state index in [1.807, 2.05) is 6.07 Å². The maximum absolute atomic E-state index is 12.4. The van der Waals surface area contributed by atoms with E-state index in [1.54, 1.807) is 24.3 Å². The highest BCUT2D eigenvalue weighted by Crippen LogP contribution is 2.37. The van der Waals surface area contributed by atoms with E-state index < -0.39 is 25.0 Å². The number of rotatable bonds is 5. The minimum absolute atomic E-state index is 0.0632. The molecule has 0 unspecified atom stereocenters. The molecule has 0 spiro atoms. The summed E-state index contributed by atoms with van der Waals surface area (Å²) < 4.78 is 10.3. The van der Waals surface area contributed by atoms with Gasteiger partial charge >= 0.3 is 5.97 Å². The minimum atomic E-state index is -0.844. The monoisotopic (exact) mass is 409 g/mol. The van der Waals surface area contributed by atoms with E-state index in [2.05, 4.69) is 5.32 Å². The Labute approximate surface area is 171 Å². The van der Waals surface area contributed by atoms with E-state index in [9.17, 15) is 24.4 Å². The molecule has 30 heavy (non-hydrogen) atoms. The predicted octanol–water partition coefficient (Wildman–Crippen LogP) is 1.96. The molecule has 2 fully saturated rings. The van der Waals surface area contributed by atoms with Crippen LogP contribution in [0.2, 0.25) is 0 Å². The smallest absolute Gasteiger partial charge is 0.326 e. The van der Waals surface area contributed by atoms with Gasteiger partial charge in [0.25, 0.3) is 5.91 Å². The number of fused-ring (bicyclic) bond motifs is 2. The molecule has 1 saturated heterocycles. The Balaban J connectivity index is 1.35. The van der Waals surface area contributed by atoms with Crippen LogP contribution in [0.1, 0.15) is 31.4 Å². The lowest BCUT2D eigenvalue weighted by Crippen LogP contribution is -2.37. The highest BCUT2D eigenvalue weighted by molar-refractivity contribution is 6.07. The van der Waals surface area contributed by atoms with E-state index in [0.29, 0.717) is 23.8 Å². The Morgan fingerprint density at radius 1 is 1.17 bits per heavy atom. The average molecular weight is 409 g/mol. The molecular weight excluding hydrogens is 390 g/mol. The van der Waals surface area contributed by atoms with Gasteiger partial charge in [-0.15, -0.1) is 0 Å². The SMILES string of the molecule is N#Cc1oc2ccccc2c1NC(=O)COC(=O)CN1C(=O)[C@@H]2CCCC[C@H]2C1=O. The summed E-state index contributed by atoms with van der Waals surface area (Å²) in [6, 6.07) is 8.68. The zero-order valence-electron chi connectivity index (χ0n) is 16.1. The normalized spacial score (nSPS) is 20.7. The van der Waals surface area contributed by atoms with Crippen LogP contribution in [0.3, 0.4) is 0 Å². The van der Waals surface area contributed by atoms with Gasteiger partial charge in [-0.3, -0.25) is 24.1 Å². The summed E-state index contributed by atoms with van der Waals surface area (Å²) in [6.45, 7) is -1.12. The summed E-state index contributed by atoms with van der Waals surface area (Å²) in [7, 11) is 0. The molecule has 3 amide bonds. The van der Waals surface area contributed by atoms with Crippen molar-refractivity contribution >= 4 is 40.3 Å². The van der Waals surface area contributed by atoms with Crippen molar-refractivity contribution in [3.05, 3.63) is 30.0 Å². The number of anilines is 1. The van der Waals surface area contributed by atoms with Crippen LogP contribution in [-0.2, 0) is 23.9 Å². The topological polar surface area (TPSA) is 130 Å². The molecule has 0 bridgehead atoms. The van der Waals surface area contributed by atoms with Crippen LogP contribution in [0.15, 0.2) is 28.7 Å². The first-order valence-corrected chi connectivity index (χ1v) is 9.72. The van der Waals surface area contributed by atoms with Gasteiger partial charge in [0.05, 0.1) is 11.8 Å². The van der Waals surface area contributed by atoms with Gasteiger partial charge in [-0.05, 0) is 25.0 Å². The maximum Gasteiger partial charge on any atom is 0.326 e. The lowest BCUT2D eigenvalue weighted by atomic mass is 9.81. The third kappa shape index (κ3) is 3.52. The third-order valence-electron chi connectivity index (χ3n) is 5.55. The highest BCUT2D eigenvalue weighted by atomic mass is 16.5. The van der Waals surface area contributed by atoms with Gasteiger partial charge in [0.1, 0.15) is 23.9 Å². The van der Waals surface area contributed by atoms with Gasteiger partial charge in [0, 0.05) is 5.39 Å². The number of hydrogen-bond acceptors (Lipinski definition) is 7. The fourth-order valence-electron chi connectivity index (χ4n) is 4.13. The molecule has 9 nitrogen and oxygen atoms in total. The van der Waals surface area contributed by atoms with Crippen molar-refractivity contribution < 1.29 is 28.3 Å². The van der Waals surface area contributed by atoms with Gasteiger partial charge in [-0.25, -0.2) is 0 Å². The second kappa shape index (κ2) is 7.99. The van der Waals surface area contributed by atoms with Crippen molar-refractivity contribution in [2.75, 3.05) is 18.5 Å². The number of furan rings is 1. The number of benzene rings is 1. The summed E-state index contributed by atoms with van der Waals surface area (Å²) in [6.07, 6.45) is 3.10. The van der Waals surface area contributed by atoms with Crippen LogP contribution < -0.4 is 5.32 Å².